The average molecular weight is 240 g/mol. The molecule has 2 N–H and O–H groups in total. The number of nitrogens with zero attached hydrogens (tertiary/aromatic N) is 1. The molecular weight excluding hydrogens is 220 g/mol. The van der Waals surface area contributed by atoms with Crippen LogP contribution in [-0.2, 0) is 16.1 Å². The molecule has 0 aliphatic rings. The lowest BCUT2D eigenvalue weighted by Gasteiger charge is -2.23. The Balaban J connectivity index is 2.51. The van der Waals surface area contributed by atoms with Crippen molar-refractivity contribution < 1.29 is 13.9 Å². The maximum atomic E-state index is 12.0. The van der Waals surface area contributed by atoms with Crippen LogP contribution >= 0.6 is 0 Å². The van der Waals surface area contributed by atoms with E-state index in [-0.39, 0.29) is 5.91 Å². The van der Waals surface area contributed by atoms with Gasteiger partial charge in [0.1, 0.15) is 5.76 Å². The van der Waals surface area contributed by atoms with Crippen LogP contribution in [0, 0.1) is 0 Å². The monoisotopic (exact) mass is 240 g/mol. The molecule has 1 rings (SSSR count). The van der Waals surface area contributed by atoms with E-state index >= 15 is 0 Å². The minimum atomic E-state index is -0.509. The molecule has 0 aliphatic heterocycles. The normalized spacial score (nSPS) is 12.4. The molecular formula is C12H20N2O3. The second kappa shape index (κ2) is 7.09. The second-order valence-electron chi connectivity index (χ2n) is 3.82. The molecule has 1 unspecified atom stereocenters. The Labute approximate surface area is 102 Å². The Hall–Kier alpha value is -1.33. The molecule has 17 heavy (non-hydrogen) atoms. The summed E-state index contributed by atoms with van der Waals surface area (Å²) in [6.45, 7) is 3.48. The molecule has 0 bridgehead atoms. The van der Waals surface area contributed by atoms with E-state index in [9.17, 15) is 4.79 Å². The predicted octanol–water partition coefficient (Wildman–Crippen LogP) is 0.992. The van der Waals surface area contributed by atoms with Gasteiger partial charge in [-0.15, -0.1) is 0 Å². The van der Waals surface area contributed by atoms with Crippen LogP contribution in [0.3, 0.4) is 0 Å². The quantitative estimate of drug-likeness (QED) is 0.771. The van der Waals surface area contributed by atoms with Crippen LogP contribution in [0.1, 0.15) is 19.1 Å². The molecule has 0 saturated heterocycles. The summed E-state index contributed by atoms with van der Waals surface area (Å²) in [5.74, 6) is 0.695. The lowest BCUT2D eigenvalue weighted by Crippen LogP contribution is -2.43. The fraction of sp³-hybridized carbons (Fsp3) is 0.583. The summed E-state index contributed by atoms with van der Waals surface area (Å²) in [5.41, 5.74) is 5.81. The molecule has 0 aromatic carbocycles. The minimum Gasteiger partial charge on any atom is -0.467 e. The van der Waals surface area contributed by atoms with Crippen molar-refractivity contribution in [1.82, 2.24) is 4.90 Å². The van der Waals surface area contributed by atoms with E-state index in [1.165, 1.54) is 0 Å². The molecule has 1 aromatic heterocycles. The number of carbonyl (C=O) groups is 1. The van der Waals surface area contributed by atoms with Crippen LogP contribution in [0.5, 0.6) is 0 Å². The van der Waals surface area contributed by atoms with Crippen LogP contribution in [0.4, 0.5) is 0 Å². The van der Waals surface area contributed by atoms with Gasteiger partial charge in [-0.05, 0) is 25.5 Å². The zero-order valence-electron chi connectivity index (χ0n) is 10.4. The number of methoxy groups -OCH3 is 1. The SMILES string of the molecule is CCN(Cc1ccco1)C(=O)C(N)CCOC. The van der Waals surface area contributed by atoms with Crippen molar-refractivity contribution in [3.63, 3.8) is 0 Å². The Morgan fingerprint density at radius 1 is 1.65 bits per heavy atom. The lowest BCUT2D eigenvalue weighted by molar-refractivity contribution is -0.133. The Morgan fingerprint density at radius 2 is 2.41 bits per heavy atom. The van der Waals surface area contributed by atoms with Crippen LogP contribution in [0.15, 0.2) is 22.8 Å². The molecule has 5 heteroatoms. The summed E-state index contributed by atoms with van der Waals surface area (Å²) in [7, 11) is 1.59. The number of hydrogen-bond acceptors (Lipinski definition) is 4. The summed E-state index contributed by atoms with van der Waals surface area (Å²) in [4.78, 5) is 13.7. The van der Waals surface area contributed by atoms with Crippen molar-refractivity contribution in [1.29, 1.82) is 0 Å². The third-order valence-electron chi connectivity index (χ3n) is 2.57. The maximum Gasteiger partial charge on any atom is 0.239 e. The van der Waals surface area contributed by atoms with Gasteiger partial charge in [0.25, 0.3) is 0 Å². The zero-order chi connectivity index (χ0) is 12.7. The van der Waals surface area contributed by atoms with E-state index in [2.05, 4.69) is 0 Å². The van der Waals surface area contributed by atoms with Gasteiger partial charge in [0.15, 0.2) is 0 Å². The lowest BCUT2D eigenvalue weighted by atomic mass is 10.2. The highest BCUT2D eigenvalue weighted by Gasteiger charge is 2.20. The first kappa shape index (κ1) is 13.7. The Kier molecular flexibility index (Phi) is 5.72. The smallest absolute Gasteiger partial charge is 0.239 e. The van der Waals surface area contributed by atoms with Crippen LogP contribution in [-0.4, -0.2) is 37.1 Å². The first-order valence-corrected chi connectivity index (χ1v) is 5.74. The molecule has 1 aromatic rings. The molecule has 0 aliphatic carbocycles. The molecule has 1 heterocycles. The third kappa shape index (κ3) is 4.20. The number of ether oxygens (including phenoxy) is 1. The predicted molar refractivity (Wildman–Crippen MR) is 64.3 cm³/mol. The van der Waals surface area contributed by atoms with Gasteiger partial charge in [0, 0.05) is 20.3 Å². The van der Waals surface area contributed by atoms with E-state index < -0.39 is 6.04 Å². The first-order valence-electron chi connectivity index (χ1n) is 5.74. The number of likely N-dealkylation sites (N-methyl/N-ethyl adjacent to an activating group) is 1. The number of rotatable bonds is 7. The van der Waals surface area contributed by atoms with E-state index in [0.717, 1.165) is 5.76 Å². The van der Waals surface area contributed by atoms with E-state index in [0.29, 0.717) is 26.1 Å². The molecule has 0 saturated carbocycles. The van der Waals surface area contributed by atoms with Crippen LogP contribution in [0.25, 0.3) is 0 Å². The van der Waals surface area contributed by atoms with Gasteiger partial charge in [-0.1, -0.05) is 0 Å². The van der Waals surface area contributed by atoms with Crippen molar-refractivity contribution in [2.75, 3.05) is 20.3 Å². The highest BCUT2D eigenvalue weighted by atomic mass is 16.5. The Bertz CT molecular complexity index is 325. The van der Waals surface area contributed by atoms with Crippen LogP contribution < -0.4 is 5.73 Å². The molecule has 0 spiro atoms. The number of furan rings is 1. The first-order chi connectivity index (χ1) is 8.19. The summed E-state index contributed by atoms with van der Waals surface area (Å²) in [6.07, 6.45) is 2.13. The fourth-order valence-corrected chi connectivity index (χ4v) is 1.54. The largest absolute Gasteiger partial charge is 0.467 e. The van der Waals surface area contributed by atoms with Crippen molar-refractivity contribution in [3.8, 4) is 0 Å². The van der Waals surface area contributed by atoms with Crippen molar-refractivity contribution in [3.05, 3.63) is 24.2 Å². The molecule has 5 nitrogen and oxygen atoms in total. The molecule has 96 valence electrons. The molecule has 0 radical (unpaired) electrons. The molecule has 0 fully saturated rings. The minimum absolute atomic E-state index is 0.0686. The van der Waals surface area contributed by atoms with Crippen LogP contribution in [0.2, 0.25) is 0 Å². The van der Waals surface area contributed by atoms with E-state index in [1.807, 2.05) is 13.0 Å². The summed E-state index contributed by atoms with van der Waals surface area (Å²) in [6, 6.07) is 3.14. The summed E-state index contributed by atoms with van der Waals surface area (Å²) >= 11 is 0. The number of hydrogen-bond donors (Lipinski definition) is 1. The summed E-state index contributed by atoms with van der Waals surface area (Å²) < 4.78 is 10.1. The summed E-state index contributed by atoms with van der Waals surface area (Å²) in [5, 5.41) is 0. The topological polar surface area (TPSA) is 68.7 Å². The van der Waals surface area contributed by atoms with Gasteiger partial charge in [0.05, 0.1) is 18.8 Å². The highest BCUT2D eigenvalue weighted by molar-refractivity contribution is 5.81. The fourth-order valence-electron chi connectivity index (χ4n) is 1.54. The third-order valence-corrected chi connectivity index (χ3v) is 2.57. The maximum absolute atomic E-state index is 12.0. The number of carbonyl (C=O) groups excluding carboxylic acids is 1. The Morgan fingerprint density at radius 3 is 2.94 bits per heavy atom. The van der Waals surface area contributed by atoms with Gasteiger partial charge >= 0.3 is 0 Å². The highest BCUT2D eigenvalue weighted by Crippen LogP contribution is 2.07. The van der Waals surface area contributed by atoms with Gasteiger partial charge in [-0.25, -0.2) is 0 Å². The number of nitrogens with two attached hydrogens (primary N) is 1. The number of amides is 1. The zero-order valence-corrected chi connectivity index (χ0v) is 10.4. The van der Waals surface area contributed by atoms with Gasteiger partial charge in [0.2, 0.25) is 5.91 Å². The molecule has 1 atom stereocenters. The standard InChI is InChI=1S/C12H20N2O3/c1-3-14(9-10-5-4-7-17-10)12(15)11(13)6-8-16-2/h4-5,7,11H,3,6,8-9,13H2,1-2H3. The van der Waals surface area contributed by atoms with Crippen molar-refractivity contribution >= 4 is 5.91 Å². The second-order valence-corrected chi connectivity index (χ2v) is 3.82. The van der Waals surface area contributed by atoms with E-state index in [1.54, 1.807) is 24.3 Å². The van der Waals surface area contributed by atoms with E-state index in [4.69, 9.17) is 14.9 Å². The van der Waals surface area contributed by atoms with Gasteiger partial charge in [-0.3, -0.25) is 4.79 Å². The van der Waals surface area contributed by atoms with Crippen molar-refractivity contribution in [2.24, 2.45) is 5.73 Å². The van der Waals surface area contributed by atoms with Gasteiger partial charge in [-0.2, -0.15) is 0 Å². The van der Waals surface area contributed by atoms with Crippen molar-refractivity contribution in [2.45, 2.75) is 25.9 Å². The average Bonchev–Trinajstić information content (AvgIpc) is 2.84. The molecule has 1 amide bonds. The van der Waals surface area contributed by atoms with Gasteiger partial charge < -0.3 is 19.8 Å².